The molecule has 0 aliphatic carbocycles. The molecule has 0 aromatic heterocycles. The van der Waals surface area contributed by atoms with Crippen molar-refractivity contribution in [3.05, 3.63) is 96.3 Å². The Hall–Kier alpha value is -2.54. The number of rotatable bonds is 9. The molecule has 34 heavy (non-hydrogen) atoms. The summed E-state index contributed by atoms with van der Waals surface area (Å²) in [5.41, 5.74) is 0.979. The van der Waals surface area contributed by atoms with Crippen molar-refractivity contribution in [2.75, 3.05) is 13.2 Å². The highest BCUT2D eigenvalue weighted by molar-refractivity contribution is 7.80. The van der Waals surface area contributed by atoms with Crippen molar-refractivity contribution in [2.24, 2.45) is 0 Å². The quantitative estimate of drug-likeness (QED) is 0.312. The molecule has 0 aliphatic rings. The molecule has 3 aromatic carbocycles. The predicted octanol–water partition coefficient (Wildman–Crippen LogP) is 5.32. The summed E-state index contributed by atoms with van der Waals surface area (Å²) in [7, 11) is -2.62. The molecular formula is C28H35FN2OSSi. The SMILES string of the molecule is CCNC(=S)N[C@H](CCO[Si](c1ccccc1)(c1ccccc1)C(C)(C)C)c1ccc(F)cc1. The van der Waals surface area contributed by atoms with Crippen LogP contribution < -0.4 is 21.0 Å². The van der Waals surface area contributed by atoms with E-state index in [-0.39, 0.29) is 16.9 Å². The highest BCUT2D eigenvalue weighted by atomic mass is 32.1. The van der Waals surface area contributed by atoms with Gasteiger partial charge in [-0.2, -0.15) is 0 Å². The van der Waals surface area contributed by atoms with Crippen LogP contribution >= 0.6 is 12.2 Å². The van der Waals surface area contributed by atoms with Crippen molar-refractivity contribution in [3.63, 3.8) is 0 Å². The third-order valence-corrected chi connectivity index (χ3v) is 11.4. The number of hydrogen-bond donors (Lipinski definition) is 2. The molecule has 3 nitrogen and oxygen atoms in total. The van der Waals surface area contributed by atoms with Gasteiger partial charge in [0.05, 0.1) is 6.04 Å². The van der Waals surface area contributed by atoms with E-state index in [0.717, 1.165) is 12.1 Å². The van der Waals surface area contributed by atoms with Gasteiger partial charge in [-0.25, -0.2) is 4.39 Å². The molecular weight excluding hydrogens is 459 g/mol. The van der Waals surface area contributed by atoms with Gasteiger partial charge in [0.2, 0.25) is 0 Å². The Morgan fingerprint density at radius 3 is 1.91 bits per heavy atom. The second-order valence-corrected chi connectivity index (χ2v) is 14.1. The number of thiocarbonyl (C=S) groups is 1. The summed E-state index contributed by atoms with van der Waals surface area (Å²) in [4.78, 5) is 0. The zero-order chi connectivity index (χ0) is 24.6. The van der Waals surface area contributed by atoms with E-state index in [1.54, 1.807) is 0 Å². The van der Waals surface area contributed by atoms with Crippen LogP contribution in [-0.2, 0) is 4.43 Å². The highest BCUT2D eigenvalue weighted by Gasteiger charge is 2.50. The Morgan fingerprint density at radius 1 is 0.912 bits per heavy atom. The van der Waals surface area contributed by atoms with Gasteiger partial charge in [0.25, 0.3) is 8.32 Å². The highest BCUT2D eigenvalue weighted by Crippen LogP contribution is 2.37. The topological polar surface area (TPSA) is 33.3 Å². The van der Waals surface area contributed by atoms with Crippen LogP contribution in [0.3, 0.4) is 0 Å². The molecule has 0 radical (unpaired) electrons. The van der Waals surface area contributed by atoms with Gasteiger partial charge in [-0.3, -0.25) is 0 Å². The van der Waals surface area contributed by atoms with E-state index < -0.39 is 8.32 Å². The molecule has 0 bridgehead atoms. The summed E-state index contributed by atoms with van der Waals surface area (Å²) in [6, 6.07) is 27.7. The average Bonchev–Trinajstić information content (AvgIpc) is 2.82. The fraction of sp³-hybridized carbons (Fsp3) is 0.321. The van der Waals surface area contributed by atoms with E-state index in [4.69, 9.17) is 16.6 Å². The second kappa shape index (κ2) is 11.7. The maximum Gasteiger partial charge on any atom is 0.261 e. The van der Waals surface area contributed by atoms with Crippen molar-refractivity contribution in [1.82, 2.24) is 10.6 Å². The molecule has 6 heteroatoms. The van der Waals surface area contributed by atoms with E-state index in [9.17, 15) is 4.39 Å². The molecule has 2 N–H and O–H groups in total. The summed E-state index contributed by atoms with van der Waals surface area (Å²) in [5, 5.41) is 9.55. The Balaban J connectivity index is 1.93. The lowest BCUT2D eigenvalue weighted by Gasteiger charge is -2.43. The minimum Gasteiger partial charge on any atom is -0.407 e. The molecule has 0 heterocycles. The van der Waals surface area contributed by atoms with Gasteiger partial charge < -0.3 is 15.1 Å². The van der Waals surface area contributed by atoms with E-state index >= 15 is 0 Å². The molecule has 0 saturated carbocycles. The number of benzene rings is 3. The fourth-order valence-electron chi connectivity index (χ4n) is 4.48. The second-order valence-electron chi connectivity index (χ2n) is 9.41. The molecule has 1 atom stereocenters. The summed E-state index contributed by atoms with van der Waals surface area (Å²) in [6.45, 7) is 10.1. The first-order valence-corrected chi connectivity index (χ1v) is 14.1. The normalized spacial score (nSPS) is 12.7. The van der Waals surface area contributed by atoms with Crippen molar-refractivity contribution >= 4 is 36.0 Å². The van der Waals surface area contributed by atoms with Gasteiger partial charge >= 0.3 is 0 Å². The Labute approximate surface area is 209 Å². The Kier molecular flexibility index (Phi) is 9.00. The lowest BCUT2D eigenvalue weighted by Crippen LogP contribution is -2.66. The predicted molar refractivity (Wildman–Crippen MR) is 147 cm³/mol. The molecule has 0 unspecified atom stereocenters. The van der Waals surface area contributed by atoms with Gasteiger partial charge in [0.15, 0.2) is 5.11 Å². The minimum absolute atomic E-state index is 0.0897. The number of hydrogen-bond acceptors (Lipinski definition) is 2. The van der Waals surface area contributed by atoms with Gasteiger partial charge in [-0.15, -0.1) is 0 Å². The fourth-order valence-corrected chi connectivity index (χ4v) is 9.34. The zero-order valence-corrected chi connectivity index (χ0v) is 22.3. The van der Waals surface area contributed by atoms with E-state index in [0.29, 0.717) is 18.1 Å². The van der Waals surface area contributed by atoms with E-state index in [2.05, 4.69) is 79.9 Å². The Bertz CT molecular complexity index is 1000. The third kappa shape index (κ3) is 6.12. The van der Waals surface area contributed by atoms with Gasteiger partial charge in [0, 0.05) is 13.2 Å². The number of nitrogens with one attached hydrogen (secondary N) is 2. The summed E-state index contributed by atoms with van der Waals surface area (Å²) < 4.78 is 20.6. The molecule has 0 amide bonds. The van der Waals surface area contributed by atoms with Gasteiger partial charge in [-0.05, 0) is 58.7 Å². The van der Waals surface area contributed by atoms with Crippen LogP contribution in [0, 0.1) is 5.82 Å². The van der Waals surface area contributed by atoms with Gasteiger partial charge in [-0.1, -0.05) is 93.6 Å². The molecule has 3 rings (SSSR count). The molecule has 0 spiro atoms. The summed E-state index contributed by atoms with van der Waals surface area (Å²) in [5.74, 6) is -0.250. The lowest BCUT2D eigenvalue weighted by atomic mass is 10.0. The van der Waals surface area contributed by atoms with E-state index in [1.807, 2.05) is 31.2 Å². The van der Waals surface area contributed by atoms with Crippen LogP contribution in [0.1, 0.15) is 45.7 Å². The van der Waals surface area contributed by atoms with Crippen LogP contribution in [0.15, 0.2) is 84.9 Å². The number of halogens is 1. The van der Waals surface area contributed by atoms with E-state index in [1.165, 1.54) is 22.5 Å². The van der Waals surface area contributed by atoms with Crippen molar-refractivity contribution < 1.29 is 8.82 Å². The van der Waals surface area contributed by atoms with Crippen LogP contribution in [-0.4, -0.2) is 26.6 Å². The summed E-state index contributed by atoms with van der Waals surface area (Å²) in [6.07, 6.45) is 0.696. The molecule has 0 aliphatic heterocycles. The maximum atomic E-state index is 13.6. The first kappa shape index (κ1) is 26.1. The van der Waals surface area contributed by atoms with Crippen LogP contribution in [0.25, 0.3) is 0 Å². The van der Waals surface area contributed by atoms with Crippen LogP contribution in [0.5, 0.6) is 0 Å². The van der Waals surface area contributed by atoms with Gasteiger partial charge in [0.1, 0.15) is 5.82 Å². The zero-order valence-electron chi connectivity index (χ0n) is 20.5. The largest absolute Gasteiger partial charge is 0.407 e. The van der Waals surface area contributed by atoms with Crippen molar-refractivity contribution in [2.45, 2.75) is 45.2 Å². The monoisotopic (exact) mass is 494 g/mol. The average molecular weight is 495 g/mol. The van der Waals surface area contributed by atoms with Crippen LogP contribution in [0.2, 0.25) is 5.04 Å². The molecule has 0 saturated heterocycles. The van der Waals surface area contributed by atoms with Crippen molar-refractivity contribution in [3.8, 4) is 0 Å². The van der Waals surface area contributed by atoms with Crippen LogP contribution in [0.4, 0.5) is 4.39 Å². The minimum atomic E-state index is -2.62. The Morgan fingerprint density at radius 2 is 1.44 bits per heavy atom. The molecule has 0 fully saturated rings. The standard InChI is InChI=1S/C28H35FN2OSSi/c1-5-30-27(33)31-26(22-16-18-23(29)19-17-22)20-21-32-34(28(2,3)4,24-12-8-6-9-13-24)25-14-10-7-11-15-25/h6-19,26H,5,20-21H2,1-4H3,(H2,30,31,33)/t26-/m1/s1. The smallest absolute Gasteiger partial charge is 0.261 e. The molecule has 180 valence electrons. The molecule has 3 aromatic rings. The summed E-state index contributed by atoms with van der Waals surface area (Å²) >= 11 is 5.46. The van der Waals surface area contributed by atoms with Crippen molar-refractivity contribution in [1.29, 1.82) is 0 Å². The first-order valence-electron chi connectivity index (χ1n) is 11.8. The lowest BCUT2D eigenvalue weighted by molar-refractivity contribution is 0.276. The first-order chi connectivity index (χ1) is 16.3. The maximum absolute atomic E-state index is 13.6. The third-order valence-electron chi connectivity index (χ3n) is 6.06.